The number of nitrogens with zero attached hydrogens (tertiary/aromatic N) is 4. The molecule has 1 heterocycles. The number of carbonyl (C=O) groups excluding carboxylic acids is 2. The minimum Gasteiger partial charge on any atom is -0.481 e. The van der Waals surface area contributed by atoms with Crippen molar-refractivity contribution in [3.05, 3.63) is 89.2 Å². The molecule has 2 aromatic carbocycles. The van der Waals surface area contributed by atoms with Crippen LogP contribution in [0.1, 0.15) is 73.6 Å². The van der Waals surface area contributed by atoms with Crippen molar-refractivity contribution < 1.29 is 24.2 Å². The molecule has 0 saturated carbocycles. The Bertz CT molecular complexity index is 1350. The summed E-state index contributed by atoms with van der Waals surface area (Å²) in [6.07, 6.45) is 4.62. The summed E-state index contributed by atoms with van der Waals surface area (Å²) < 4.78 is 5.29. The number of nitrogens with one attached hydrogen (secondary N) is 1. The lowest BCUT2D eigenvalue weighted by Gasteiger charge is -2.24. The van der Waals surface area contributed by atoms with Crippen LogP contribution in [0, 0.1) is 0 Å². The Balaban J connectivity index is 1.74. The Morgan fingerprint density at radius 2 is 1.55 bits per heavy atom. The highest BCUT2D eigenvalue weighted by Gasteiger charge is 2.23. The van der Waals surface area contributed by atoms with Gasteiger partial charge in [0, 0.05) is 39.4 Å². The third-order valence-electron chi connectivity index (χ3n) is 6.86. The molecule has 236 valence electrons. The number of rotatable bonds is 16. The molecule has 0 spiro atoms. The van der Waals surface area contributed by atoms with Crippen LogP contribution < -0.4 is 10.2 Å². The van der Waals surface area contributed by atoms with Gasteiger partial charge in [0.25, 0.3) is 5.91 Å². The number of alkyl carbamates (subject to hydrolysis) is 1. The number of aromatic nitrogens is 2. The molecule has 2 N–H and O–H groups in total. The normalized spacial score (nSPS) is 11.1. The molecular weight excluding hydrogens is 558 g/mol. The summed E-state index contributed by atoms with van der Waals surface area (Å²) >= 11 is 0. The van der Waals surface area contributed by atoms with E-state index in [2.05, 4.69) is 22.4 Å². The van der Waals surface area contributed by atoms with Gasteiger partial charge in [0.15, 0.2) is 0 Å². The summed E-state index contributed by atoms with van der Waals surface area (Å²) in [5.74, 6) is -0.739. The lowest BCUT2D eigenvalue weighted by atomic mass is 10.1. The van der Waals surface area contributed by atoms with Gasteiger partial charge >= 0.3 is 12.1 Å². The van der Waals surface area contributed by atoms with Crippen LogP contribution >= 0.6 is 0 Å². The Labute approximate surface area is 260 Å². The summed E-state index contributed by atoms with van der Waals surface area (Å²) in [6.45, 7) is 7.00. The molecule has 1 aromatic heterocycles. The lowest BCUT2D eigenvalue weighted by Crippen LogP contribution is -2.34. The van der Waals surface area contributed by atoms with Crippen molar-refractivity contribution in [1.82, 2.24) is 20.2 Å². The maximum atomic E-state index is 13.9. The third-order valence-corrected chi connectivity index (χ3v) is 6.86. The number of ether oxygens (including phenoxy) is 1. The minimum atomic E-state index is -0.970. The predicted molar refractivity (Wildman–Crippen MR) is 171 cm³/mol. The van der Waals surface area contributed by atoms with Gasteiger partial charge in [-0.3, -0.25) is 9.59 Å². The summed E-state index contributed by atoms with van der Waals surface area (Å²) in [5.41, 5.74) is 2.56. The van der Waals surface area contributed by atoms with Crippen molar-refractivity contribution in [2.75, 3.05) is 31.6 Å². The SMILES string of the molecule is CN(CCc1ccccc1)c1ncc(C(=O)N(CCC(=O)O)Cc2ccccc2)c(CCCCCNC(=O)OC(C)(C)C)n1. The fourth-order valence-corrected chi connectivity index (χ4v) is 4.56. The molecule has 0 fully saturated rings. The number of hydrogen-bond donors (Lipinski definition) is 2. The fraction of sp³-hybridized carbons (Fsp3) is 0.441. The van der Waals surface area contributed by atoms with Crippen molar-refractivity contribution in [2.45, 2.75) is 71.4 Å². The van der Waals surface area contributed by atoms with Gasteiger partial charge in [0.1, 0.15) is 5.60 Å². The van der Waals surface area contributed by atoms with Crippen LogP contribution in [0.15, 0.2) is 66.9 Å². The standard InChI is InChI=1S/C34H45N5O5/c1-34(2,3)44-33(43)35-21-13-7-12-18-29-28(24-36-32(37-29)38(4)22-19-26-14-8-5-9-15-26)31(42)39(23-20-30(40)41)25-27-16-10-6-11-17-27/h5-6,8-11,14-17,24H,7,12-13,18-23,25H2,1-4H3,(H,35,43)(H,40,41). The minimum absolute atomic E-state index is 0.0670. The third kappa shape index (κ3) is 12.0. The van der Waals surface area contributed by atoms with Gasteiger partial charge in [-0.15, -0.1) is 0 Å². The van der Waals surface area contributed by atoms with Gasteiger partial charge in [-0.1, -0.05) is 67.1 Å². The second-order valence-electron chi connectivity index (χ2n) is 11.8. The molecule has 0 bridgehead atoms. The van der Waals surface area contributed by atoms with Crippen molar-refractivity contribution in [3.63, 3.8) is 0 Å². The van der Waals surface area contributed by atoms with E-state index in [0.29, 0.717) is 36.7 Å². The van der Waals surface area contributed by atoms with Gasteiger partial charge in [-0.2, -0.15) is 0 Å². The smallest absolute Gasteiger partial charge is 0.407 e. The number of aliphatic carboxylic acids is 1. The average molecular weight is 604 g/mol. The number of hydrogen-bond acceptors (Lipinski definition) is 7. The number of carboxylic acids is 1. The first-order valence-electron chi connectivity index (χ1n) is 15.1. The number of anilines is 1. The van der Waals surface area contributed by atoms with Crippen molar-refractivity contribution in [2.24, 2.45) is 0 Å². The molecule has 10 nitrogen and oxygen atoms in total. The highest BCUT2D eigenvalue weighted by Crippen LogP contribution is 2.19. The van der Waals surface area contributed by atoms with E-state index >= 15 is 0 Å². The number of benzene rings is 2. The zero-order valence-electron chi connectivity index (χ0n) is 26.3. The number of carboxylic acid groups (broad SMARTS) is 1. The van der Waals surface area contributed by atoms with Crippen LogP contribution in [-0.2, 0) is 28.9 Å². The van der Waals surface area contributed by atoms with E-state index in [0.717, 1.165) is 31.2 Å². The van der Waals surface area contributed by atoms with E-state index in [1.165, 1.54) is 5.56 Å². The lowest BCUT2D eigenvalue weighted by molar-refractivity contribution is -0.137. The molecule has 0 unspecified atom stereocenters. The number of amides is 2. The Morgan fingerprint density at radius 3 is 2.18 bits per heavy atom. The van der Waals surface area contributed by atoms with E-state index in [4.69, 9.17) is 9.72 Å². The van der Waals surface area contributed by atoms with E-state index in [1.807, 2.05) is 81.2 Å². The average Bonchev–Trinajstić information content (AvgIpc) is 2.99. The van der Waals surface area contributed by atoms with E-state index in [9.17, 15) is 19.5 Å². The largest absolute Gasteiger partial charge is 0.481 e. The van der Waals surface area contributed by atoms with Gasteiger partial charge < -0.3 is 25.0 Å². The van der Waals surface area contributed by atoms with Gasteiger partial charge in [0.2, 0.25) is 5.95 Å². The van der Waals surface area contributed by atoms with Crippen LogP contribution in [0.5, 0.6) is 0 Å². The van der Waals surface area contributed by atoms with Gasteiger partial charge in [-0.05, 0) is 57.6 Å². The van der Waals surface area contributed by atoms with E-state index in [1.54, 1.807) is 11.1 Å². The van der Waals surface area contributed by atoms with E-state index in [-0.39, 0.29) is 25.4 Å². The number of unbranched alkanes of at least 4 members (excludes halogenated alkanes) is 2. The molecule has 10 heteroatoms. The highest BCUT2D eigenvalue weighted by atomic mass is 16.6. The van der Waals surface area contributed by atoms with Crippen LogP contribution in [0.2, 0.25) is 0 Å². The number of carbonyl (C=O) groups is 3. The second-order valence-corrected chi connectivity index (χ2v) is 11.8. The quantitative estimate of drug-likeness (QED) is 0.205. The maximum absolute atomic E-state index is 13.9. The van der Waals surface area contributed by atoms with E-state index < -0.39 is 17.7 Å². The molecule has 0 aliphatic carbocycles. The molecule has 3 rings (SSSR count). The van der Waals surface area contributed by atoms with Gasteiger partial charge in [-0.25, -0.2) is 14.8 Å². The van der Waals surface area contributed by atoms with Gasteiger partial charge in [0.05, 0.1) is 17.7 Å². The molecule has 44 heavy (non-hydrogen) atoms. The van der Waals surface area contributed by atoms with Crippen LogP contribution in [0.3, 0.4) is 0 Å². The molecule has 0 atom stereocenters. The summed E-state index contributed by atoms with van der Waals surface area (Å²) in [5, 5.41) is 12.1. The van der Waals surface area contributed by atoms with Crippen LogP contribution in [0.25, 0.3) is 0 Å². The second kappa shape index (κ2) is 17.0. The monoisotopic (exact) mass is 603 g/mol. The molecule has 2 amide bonds. The topological polar surface area (TPSA) is 125 Å². The first-order chi connectivity index (χ1) is 21.0. The van der Waals surface area contributed by atoms with Crippen molar-refractivity contribution in [1.29, 1.82) is 0 Å². The molecule has 0 saturated heterocycles. The zero-order chi connectivity index (χ0) is 32.0. The Kier molecular flexibility index (Phi) is 13.1. The van der Waals surface area contributed by atoms with Crippen molar-refractivity contribution >= 4 is 23.9 Å². The van der Waals surface area contributed by atoms with Crippen LogP contribution in [0.4, 0.5) is 10.7 Å². The maximum Gasteiger partial charge on any atom is 0.407 e. The Hall–Kier alpha value is -4.47. The fourth-order valence-electron chi connectivity index (χ4n) is 4.56. The summed E-state index contributed by atoms with van der Waals surface area (Å²) in [6, 6.07) is 19.7. The van der Waals surface area contributed by atoms with Crippen molar-refractivity contribution in [3.8, 4) is 0 Å². The first kappa shape index (κ1) is 34.0. The first-order valence-corrected chi connectivity index (χ1v) is 15.1. The summed E-state index contributed by atoms with van der Waals surface area (Å²) in [7, 11) is 1.93. The highest BCUT2D eigenvalue weighted by molar-refractivity contribution is 5.95. The zero-order valence-corrected chi connectivity index (χ0v) is 26.3. The molecule has 0 radical (unpaired) electrons. The molecular formula is C34H45N5O5. The van der Waals surface area contributed by atoms with Crippen LogP contribution in [-0.4, -0.2) is 70.2 Å². The molecule has 0 aliphatic heterocycles. The number of likely N-dealkylation sites (N-methyl/N-ethyl adjacent to an activating group) is 1. The number of aryl methyl sites for hydroxylation is 1. The Morgan fingerprint density at radius 1 is 0.886 bits per heavy atom. The predicted octanol–water partition coefficient (Wildman–Crippen LogP) is 5.51. The molecule has 3 aromatic rings. The molecule has 0 aliphatic rings. The summed E-state index contributed by atoms with van der Waals surface area (Å²) in [4.78, 5) is 50.1.